The van der Waals surface area contributed by atoms with Gasteiger partial charge in [0.05, 0.1) is 11.1 Å². The number of carbonyl (C=O) groups excluding carboxylic acids is 1. The van der Waals surface area contributed by atoms with Crippen LogP contribution in [0, 0.1) is 11.8 Å². The summed E-state index contributed by atoms with van der Waals surface area (Å²) in [5.74, 6) is 5.88. The number of pyridine rings is 3. The Bertz CT molecular complexity index is 1580. The normalized spacial score (nSPS) is 15.6. The maximum absolute atomic E-state index is 13.9. The lowest BCUT2D eigenvalue weighted by Gasteiger charge is -2.32. The standard InChI is InChI=1S/C29H27F2N7O/c1-18-16-38(10-9-34-18)17-21-6-7-23(12-25(21)27(30)31)37-29(39)22-11-19(13-33-14-22)4-5-20-15-36-28(32)26-24(20)3-2-8-35-26/h2-3,6-8,11-15,18,27,34H,9-10,16-17H2,1H3,(H2,32,36)(H,37,39)/t18-/m1/s1. The van der Waals surface area contributed by atoms with Crippen molar-refractivity contribution in [3.05, 3.63) is 89.0 Å². The highest BCUT2D eigenvalue weighted by Crippen LogP contribution is 2.28. The summed E-state index contributed by atoms with van der Waals surface area (Å²) in [6.07, 6.45) is 3.48. The number of nitrogen functional groups attached to an aromatic ring is 1. The lowest BCUT2D eigenvalue weighted by atomic mass is 10.0. The quantitative estimate of drug-likeness (QED) is 0.337. The lowest BCUT2D eigenvalue weighted by molar-refractivity contribution is 0.102. The van der Waals surface area contributed by atoms with Gasteiger partial charge in [0.1, 0.15) is 11.3 Å². The second kappa shape index (κ2) is 11.5. The maximum Gasteiger partial charge on any atom is 0.264 e. The molecule has 1 aliphatic rings. The summed E-state index contributed by atoms with van der Waals surface area (Å²) in [5.41, 5.74) is 8.61. The van der Waals surface area contributed by atoms with Gasteiger partial charge in [0.25, 0.3) is 12.3 Å². The van der Waals surface area contributed by atoms with Crippen LogP contribution in [0.25, 0.3) is 10.9 Å². The third-order valence-electron chi connectivity index (χ3n) is 6.50. The molecule has 1 saturated heterocycles. The van der Waals surface area contributed by atoms with Gasteiger partial charge in [-0.1, -0.05) is 17.9 Å². The Morgan fingerprint density at radius 1 is 1.21 bits per heavy atom. The third kappa shape index (κ3) is 6.17. The van der Waals surface area contributed by atoms with Crippen molar-refractivity contribution in [2.75, 3.05) is 30.7 Å². The number of anilines is 2. The van der Waals surface area contributed by atoms with Gasteiger partial charge in [-0.15, -0.1) is 0 Å². The van der Waals surface area contributed by atoms with Crippen molar-refractivity contribution in [2.45, 2.75) is 25.9 Å². The summed E-state index contributed by atoms with van der Waals surface area (Å²) in [5, 5.41) is 6.82. The van der Waals surface area contributed by atoms with Crippen LogP contribution >= 0.6 is 0 Å². The molecule has 4 aromatic rings. The highest BCUT2D eigenvalue weighted by atomic mass is 19.3. The smallest absolute Gasteiger partial charge is 0.264 e. The molecule has 0 spiro atoms. The predicted octanol–water partition coefficient (Wildman–Crippen LogP) is 3.99. The highest BCUT2D eigenvalue weighted by molar-refractivity contribution is 6.04. The molecule has 0 unspecified atom stereocenters. The molecule has 1 aromatic carbocycles. The van der Waals surface area contributed by atoms with Crippen molar-refractivity contribution in [3.8, 4) is 11.8 Å². The van der Waals surface area contributed by atoms with Crippen molar-refractivity contribution >= 4 is 28.3 Å². The summed E-state index contributed by atoms with van der Waals surface area (Å²) in [7, 11) is 0. The minimum Gasteiger partial charge on any atom is -0.382 e. The van der Waals surface area contributed by atoms with E-state index in [0.717, 1.165) is 25.0 Å². The van der Waals surface area contributed by atoms with E-state index in [1.165, 1.54) is 18.5 Å². The molecular formula is C29H27F2N7O. The maximum atomic E-state index is 13.9. The fourth-order valence-corrected chi connectivity index (χ4v) is 4.58. The Morgan fingerprint density at radius 3 is 2.90 bits per heavy atom. The number of fused-ring (bicyclic) bond motifs is 1. The van der Waals surface area contributed by atoms with Gasteiger partial charge in [0, 0.05) is 79.2 Å². The fraction of sp³-hybridized carbons (Fsp3) is 0.241. The predicted molar refractivity (Wildman–Crippen MR) is 146 cm³/mol. The number of hydrogen-bond donors (Lipinski definition) is 3. The second-order valence-corrected chi connectivity index (χ2v) is 9.43. The van der Waals surface area contributed by atoms with Crippen LogP contribution in [0.2, 0.25) is 0 Å². The van der Waals surface area contributed by atoms with Gasteiger partial charge in [-0.25, -0.2) is 13.8 Å². The zero-order chi connectivity index (χ0) is 27.4. The van der Waals surface area contributed by atoms with E-state index >= 15 is 0 Å². The van der Waals surface area contributed by atoms with Gasteiger partial charge >= 0.3 is 0 Å². The van der Waals surface area contributed by atoms with Crippen LogP contribution < -0.4 is 16.4 Å². The number of halogens is 2. The molecule has 198 valence electrons. The fourth-order valence-electron chi connectivity index (χ4n) is 4.58. The van der Waals surface area contributed by atoms with Crippen LogP contribution in [-0.4, -0.2) is 51.4 Å². The number of aromatic nitrogens is 3. The second-order valence-electron chi connectivity index (χ2n) is 9.43. The van der Waals surface area contributed by atoms with Gasteiger partial charge in [-0.2, -0.15) is 0 Å². The zero-order valence-electron chi connectivity index (χ0n) is 21.3. The number of alkyl halides is 2. The molecule has 0 bridgehead atoms. The van der Waals surface area contributed by atoms with E-state index in [1.807, 2.05) is 6.07 Å². The average Bonchev–Trinajstić information content (AvgIpc) is 2.94. The topological polar surface area (TPSA) is 109 Å². The number of benzene rings is 1. The molecular weight excluding hydrogens is 500 g/mol. The van der Waals surface area contributed by atoms with E-state index in [0.29, 0.717) is 40.6 Å². The van der Waals surface area contributed by atoms with Gasteiger partial charge < -0.3 is 16.4 Å². The van der Waals surface area contributed by atoms with Gasteiger partial charge in [0.15, 0.2) is 0 Å². The van der Waals surface area contributed by atoms with Crippen molar-refractivity contribution in [2.24, 2.45) is 0 Å². The Labute approximate surface area is 224 Å². The molecule has 8 nitrogen and oxygen atoms in total. The van der Waals surface area contributed by atoms with E-state index in [2.05, 4.69) is 49.3 Å². The first-order valence-corrected chi connectivity index (χ1v) is 12.5. The SMILES string of the molecule is C[C@@H]1CN(Cc2ccc(NC(=O)c3cncc(C#Cc4cnc(N)c5ncccc45)c3)cc2C(F)F)CCN1. The Morgan fingerprint density at radius 2 is 2.08 bits per heavy atom. The molecule has 5 rings (SSSR count). The molecule has 39 heavy (non-hydrogen) atoms. The first-order chi connectivity index (χ1) is 18.9. The Balaban J connectivity index is 1.33. The summed E-state index contributed by atoms with van der Waals surface area (Å²) < 4.78 is 27.8. The Kier molecular flexibility index (Phi) is 7.72. The van der Waals surface area contributed by atoms with Crippen molar-refractivity contribution in [3.63, 3.8) is 0 Å². The van der Waals surface area contributed by atoms with E-state index in [1.54, 1.807) is 36.7 Å². The molecule has 3 aromatic heterocycles. The van der Waals surface area contributed by atoms with Gasteiger partial charge in [-0.3, -0.25) is 19.7 Å². The minimum absolute atomic E-state index is 0.0875. The first-order valence-electron chi connectivity index (χ1n) is 12.5. The first kappa shape index (κ1) is 26.2. The van der Waals surface area contributed by atoms with Crippen LogP contribution in [0.1, 0.15) is 46.0 Å². The largest absolute Gasteiger partial charge is 0.382 e. The summed E-state index contributed by atoms with van der Waals surface area (Å²) >= 11 is 0. The van der Waals surface area contributed by atoms with Crippen LogP contribution in [-0.2, 0) is 6.54 Å². The minimum atomic E-state index is -2.66. The molecule has 4 heterocycles. The number of nitrogens with zero attached hydrogens (tertiary/aromatic N) is 4. The van der Waals surface area contributed by atoms with Crippen LogP contribution in [0.5, 0.6) is 0 Å². The van der Waals surface area contributed by atoms with Crippen LogP contribution in [0.15, 0.2) is 61.2 Å². The highest BCUT2D eigenvalue weighted by Gasteiger charge is 2.20. The zero-order valence-corrected chi connectivity index (χ0v) is 21.3. The number of rotatable bonds is 5. The van der Waals surface area contributed by atoms with Crippen molar-refractivity contribution < 1.29 is 13.6 Å². The molecule has 1 aliphatic heterocycles. The average molecular weight is 528 g/mol. The number of nitrogens with two attached hydrogens (primary N) is 1. The molecule has 1 amide bonds. The number of nitrogens with one attached hydrogen (secondary N) is 2. The molecule has 0 aliphatic carbocycles. The van der Waals surface area contributed by atoms with Crippen molar-refractivity contribution in [1.82, 2.24) is 25.2 Å². The number of carbonyl (C=O) groups is 1. The van der Waals surface area contributed by atoms with Gasteiger partial charge in [0.2, 0.25) is 0 Å². The third-order valence-corrected chi connectivity index (χ3v) is 6.50. The van der Waals surface area contributed by atoms with Crippen LogP contribution in [0.4, 0.5) is 20.3 Å². The molecule has 0 saturated carbocycles. The van der Waals surface area contributed by atoms with E-state index < -0.39 is 12.3 Å². The Hall–Kier alpha value is -4.46. The van der Waals surface area contributed by atoms with E-state index in [4.69, 9.17) is 5.73 Å². The van der Waals surface area contributed by atoms with Gasteiger partial charge in [-0.05, 0) is 42.8 Å². The number of amides is 1. The molecule has 1 atom stereocenters. The van der Waals surface area contributed by atoms with Crippen LogP contribution in [0.3, 0.4) is 0 Å². The molecule has 1 fully saturated rings. The molecule has 0 radical (unpaired) electrons. The van der Waals surface area contributed by atoms with E-state index in [-0.39, 0.29) is 16.8 Å². The molecule has 10 heteroatoms. The molecule has 4 N–H and O–H groups in total. The van der Waals surface area contributed by atoms with Crippen molar-refractivity contribution in [1.29, 1.82) is 0 Å². The summed E-state index contributed by atoms with van der Waals surface area (Å²) in [6, 6.07) is 10.2. The number of hydrogen-bond acceptors (Lipinski definition) is 7. The summed E-state index contributed by atoms with van der Waals surface area (Å²) in [4.78, 5) is 27.6. The number of piperazine rings is 1. The van der Waals surface area contributed by atoms with E-state index in [9.17, 15) is 13.6 Å². The monoisotopic (exact) mass is 527 g/mol. The summed E-state index contributed by atoms with van der Waals surface area (Å²) in [6.45, 7) is 4.90. The lowest BCUT2D eigenvalue weighted by Crippen LogP contribution is -2.48.